The normalized spacial score (nSPS) is 26.3. The molecular weight excluding hydrogens is 443 g/mol. The predicted molar refractivity (Wildman–Crippen MR) is 128 cm³/mol. The van der Waals surface area contributed by atoms with Gasteiger partial charge in [0.2, 0.25) is 0 Å². The molecule has 0 aromatic heterocycles. The molecule has 0 saturated heterocycles. The number of rotatable bonds is 10. The Labute approximate surface area is 202 Å². The molecule has 2 aliphatic rings. The van der Waals surface area contributed by atoms with Crippen LogP contribution in [-0.4, -0.2) is 0 Å². The molecule has 5 heteroatoms. The van der Waals surface area contributed by atoms with Crippen LogP contribution in [0.2, 0.25) is 0 Å². The maximum atomic E-state index is 13.8. The topological polar surface area (TPSA) is 0 Å². The van der Waals surface area contributed by atoms with E-state index in [1.807, 2.05) is 0 Å². The molecule has 34 heavy (non-hydrogen) atoms. The molecule has 2 fully saturated rings. The average molecular weight is 485 g/mol. The quantitative estimate of drug-likeness (QED) is 0.176. The first-order valence-corrected chi connectivity index (χ1v) is 13.5. The third-order valence-electron chi connectivity index (χ3n) is 8.31. The molecule has 0 atom stereocenters. The summed E-state index contributed by atoms with van der Waals surface area (Å²) in [4.78, 5) is 0. The Balaban J connectivity index is 1.34. The number of halogens is 5. The molecule has 0 nitrogen and oxygen atoms in total. The van der Waals surface area contributed by atoms with Gasteiger partial charge >= 0.3 is 6.18 Å². The number of unbranched alkanes of at least 4 members (excludes halogenated alkanes) is 2. The van der Waals surface area contributed by atoms with E-state index in [0.29, 0.717) is 17.9 Å². The Morgan fingerprint density at radius 1 is 0.765 bits per heavy atom. The number of hydrogen-bond donors (Lipinski definition) is 0. The largest absolute Gasteiger partial charge is 0.422 e. The SMILES string of the molecule is CC/C=C/CCCCC1CCC(C2CCC(CCc3cc(F)c(C(F)(F)F)c(F)c3)CC2)CC1. The summed E-state index contributed by atoms with van der Waals surface area (Å²) in [5.74, 6) is 0.0560. The van der Waals surface area contributed by atoms with E-state index in [1.54, 1.807) is 0 Å². The van der Waals surface area contributed by atoms with Gasteiger partial charge in [-0.2, -0.15) is 13.2 Å². The zero-order valence-electron chi connectivity index (χ0n) is 20.6. The predicted octanol–water partition coefficient (Wildman–Crippen LogP) is 10.1. The van der Waals surface area contributed by atoms with Crippen molar-refractivity contribution in [1.82, 2.24) is 0 Å². The van der Waals surface area contributed by atoms with Crippen LogP contribution in [-0.2, 0) is 12.6 Å². The summed E-state index contributed by atoms with van der Waals surface area (Å²) in [7, 11) is 0. The second-order valence-corrected chi connectivity index (χ2v) is 10.7. The van der Waals surface area contributed by atoms with Gasteiger partial charge in [0.1, 0.15) is 17.2 Å². The van der Waals surface area contributed by atoms with Crippen molar-refractivity contribution in [2.75, 3.05) is 0 Å². The van der Waals surface area contributed by atoms with Crippen molar-refractivity contribution in [2.24, 2.45) is 23.7 Å². The van der Waals surface area contributed by atoms with Gasteiger partial charge in [-0.1, -0.05) is 57.6 Å². The summed E-state index contributed by atoms with van der Waals surface area (Å²) in [6.45, 7) is 2.18. The van der Waals surface area contributed by atoms with E-state index >= 15 is 0 Å². The maximum Gasteiger partial charge on any atom is 0.422 e. The summed E-state index contributed by atoms with van der Waals surface area (Å²) in [5.41, 5.74) is -1.46. The molecule has 0 heterocycles. The third-order valence-corrected chi connectivity index (χ3v) is 8.31. The maximum absolute atomic E-state index is 13.8. The van der Waals surface area contributed by atoms with Crippen molar-refractivity contribution < 1.29 is 22.0 Å². The molecule has 0 N–H and O–H groups in total. The molecule has 2 saturated carbocycles. The number of hydrogen-bond acceptors (Lipinski definition) is 0. The van der Waals surface area contributed by atoms with Crippen LogP contribution in [0.5, 0.6) is 0 Å². The lowest BCUT2D eigenvalue weighted by atomic mass is 9.68. The number of aryl methyl sites for hydroxylation is 1. The van der Waals surface area contributed by atoms with Crippen molar-refractivity contribution in [3.63, 3.8) is 0 Å². The van der Waals surface area contributed by atoms with Gasteiger partial charge in [-0.15, -0.1) is 0 Å². The average Bonchev–Trinajstić information content (AvgIpc) is 2.79. The van der Waals surface area contributed by atoms with Crippen molar-refractivity contribution in [3.05, 3.63) is 47.0 Å². The molecular formula is C29H41F5. The highest BCUT2D eigenvalue weighted by Crippen LogP contribution is 2.43. The van der Waals surface area contributed by atoms with Crippen molar-refractivity contribution in [1.29, 1.82) is 0 Å². The van der Waals surface area contributed by atoms with E-state index in [-0.39, 0.29) is 0 Å². The number of alkyl halides is 3. The Morgan fingerprint density at radius 3 is 1.79 bits per heavy atom. The fourth-order valence-corrected chi connectivity index (χ4v) is 6.29. The van der Waals surface area contributed by atoms with E-state index < -0.39 is 23.4 Å². The van der Waals surface area contributed by atoms with Gasteiger partial charge in [0, 0.05) is 0 Å². The molecule has 192 valence electrons. The molecule has 0 bridgehead atoms. The molecule has 0 aliphatic heterocycles. The van der Waals surface area contributed by atoms with Crippen LogP contribution in [0.4, 0.5) is 22.0 Å². The van der Waals surface area contributed by atoms with Gasteiger partial charge in [-0.3, -0.25) is 0 Å². The highest BCUT2D eigenvalue weighted by atomic mass is 19.4. The lowest BCUT2D eigenvalue weighted by Gasteiger charge is -2.38. The van der Waals surface area contributed by atoms with Crippen LogP contribution >= 0.6 is 0 Å². The summed E-state index contributed by atoms with van der Waals surface area (Å²) in [6, 6.07) is 1.72. The van der Waals surface area contributed by atoms with E-state index in [0.717, 1.165) is 55.6 Å². The van der Waals surface area contributed by atoms with E-state index in [4.69, 9.17) is 0 Å². The summed E-state index contributed by atoms with van der Waals surface area (Å²) in [6.07, 6.45) is 17.3. The monoisotopic (exact) mass is 484 g/mol. The van der Waals surface area contributed by atoms with Gasteiger partial charge in [-0.25, -0.2) is 8.78 Å². The molecule has 0 radical (unpaired) electrons. The third kappa shape index (κ3) is 8.09. The molecule has 1 aromatic rings. The Kier molecular flexibility index (Phi) is 10.5. The molecule has 0 unspecified atom stereocenters. The minimum Gasteiger partial charge on any atom is -0.206 e. The van der Waals surface area contributed by atoms with Gasteiger partial charge in [0.05, 0.1) is 0 Å². The van der Waals surface area contributed by atoms with E-state index in [2.05, 4.69) is 19.1 Å². The number of allylic oxidation sites excluding steroid dienone is 2. The molecule has 2 aliphatic carbocycles. The first-order chi connectivity index (χ1) is 16.3. The van der Waals surface area contributed by atoms with Gasteiger partial charge < -0.3 is 0 Å². The zero-order valence-corrected chi connectivity index (χ0v) is 20.6. The molecule has 1 aromatic carbocycles. The highest BCUT2D eigenvalue weighted by molar-refractivity contribution is 5.28. The minimum absolute atomic E-state index is 0.324. The molecule has 0 spiro atoms. The van der Waals surface area contributed by atoms with Crippen LogP contribution < -0.4 is 0 Å². The second-order valence-electron chi connectivity index (χ2n) is 10.7. The summed E-state index contributed by atoms with van der Waals surface area (Å²) in [5, 5.41) is 0. The second kappa shape index (κ2) is 13.1. The Hall–Kier alpha value is -1.39. The number of benzene rings is 1. The van der Waals surface area contributed by atoms with E-state index in [1.165, 1.54) is 64.2 Å². The van der Waals surface area contributed by atoms with E-state index in [9.17, 15) is 22.0 Å². The molecule has 3 rings (SSSR count). The van der Waals surface area contributed by atoms with Gasteiger partial charge in [0.15, 0.2) is 0 Å². The zero-order chi connectivity index (χ0) is 24.6. The fourth-order valence-electron chi connectivity index (χ4n) is 6.29. The lowest BCUT2D eigenvalue weighted by Crippen LogP contribution is -2.26. The van der Waals surface area contributed by atoms with Crippen LogP contribution in [0.25, 0.3) is 0 Å². The van der Waals surface area contributed by atoms with Crippen molar-refractivity contribution in [2.45, 2.75) is 109 Å². The summed E-state index contributed by atoms with van der Waals surface area (Å²) >= 11 is 0. The standard InChI is InChI=1S/C29H41F5/c1-2-3-4-5-6-7-8-21-11-15-24(16-12-21)25-17-13-22(14-18-25)9-10-23-19-26(30)28(27(31)20-23)29(32,33)34/h3-4,19-22,24-25H,2,5-18H2,1H3/b4-3+. The smallest absolute Gasteiger partial charge is 0.206 e. The first kappa shape index (κ1) is 27.2. The fraction of sp³-hybridized carbons (Fsp3) is 0.724. The molecule has 0 amide bonds. The van der Waals surface area contributed by atoms with Crippen LogP contribution in [0.15, 0.2) is 24.3 Å². The van der Waals surface area contributed by atoms with Crippen LogP contribution in [0.3, 0.4) is 0 Å². The van der Waals surface area contributed by atoms with Gasteiger partial charge in [0.25, 0.3) is 0 Å². The van der Waals surface area contributed by atoms with Gasteiger partial charge in [-0.05, 0) is 99.2 Å². The lowest BCUT2D eigenvalue weighted by molar-refractivity contribution is -0.142. The minimum atomic E-state index is -5.00. The van der Waals surface area contributed by atoms with Crippen LogP contribution in [0, 0.1) is 35.3 Å². The first-order valence-electron chi connectivity index (χ1n) is 13.5. The highest BCUT2D eigenvalue weighted by Gasteiger charge is 2.38. The summed E-state index contributed by atoms with van der Waals surface area (Å²) < 4.78 is 65.9. The Bertz CT molecular complexity index is 742. The van der Waals surface area contributed by atoms with Crippen LogP contribution in [0.1, 0.15) is 108 Å². The Morgan fingerprint density at radius 2 is 1.29 bits per heavy atom. The van der Waals surface area contributed by atoms with Crippen molar-refractivity contribution in [3.8, 4) is 0 Å². The van der Waals surface area contributed by atoms with Crippen molar-refractivity contribution >= 4 is 0 Å².